The molecule has 3 rings (SSSR count). The topological polar surface area (TPSA) is 79.8 Å². The SMILES string of the molecule is CCOc1ccccc1/C=N\NC(=O)C[C@@H]1Sc2ccccc2NC1=O. The molecule has 6 nitrogen and oxygen atoms in total. The molecule has 0 radical (unpaired) electrons. The Morgan fingerprint density at radius 3 is 2.88 bits per heavy atom. The molecule has 0 spiro atoms. The number of anilines is 1. The van der Waals surface area contributed by atoms with E-state index in [2.05, 4.69) is 15.8 Å². The zero-order chi connectivity index (χ0) is 18.4. The molecule has 0 bridgehead atoms. The Morgan fingerprint density at radius 2 is 2.04 bits per heavy atom. The number of hydrogen-bond acceptors (Lipinski definition) is 5. The van der Waals surface area contributed by atoms with E-state index in [1.54, 1.807) is 0 Å². The zero-order valence-electron chi connectivity index (χ0n) is 14.3. The molecule has 2 aromatic rings. The minimum Gasteiger partial charge on any atom is -0.493 e. The van der Waals surface area contributed by atoms with Crippen molar-refractivity contribution in [3.63, 3.8) is 0 Å². The normalized spacial score (nSPS) is 16.0. The number of benzene rings is 2. The summed E-state index contributed by atoms with van der Waals surface area (Å²) in [5.74, 6) is 0.212. The minimum atomic E-state index is -0.476. The van der Waals surface area contributed by atoms with Gasteiger partial charge in [-0.25, -0.2) is 5.43 Å². The molecule has 1 aliphatic rings. The van der Waals surface area contributed by atoms with Gasteiger partial charge < -0.3 is 10.1 Å². The van der Waals surface area contributed by atoms with Crippen LogP contribution in [0.25, 0.3) is 0 Å². The molecule has 2 N–H and O–H groups in total. The summed E-state index contributed by atoms with van der Waals surface area (Å²) in [6.45, 7) is 2.45. The van der Waals surface area contributed by atoms with Crippen molar-refractivity contribution in [1.29, 1.82) is 0 Å². The summed E-state index contributed by atoms with van der Waals surface area (Å²) in [6, 6.07) is 15.0. The first-order chi connectivity index (χ1) is 12.7. The summed E-state index contributed by atoms with van der Waals surface area (Å²) in [5, 5.41) is 6.32. The van der Waals surface area contributed by atoms with Crippen LogP contribution >= 0.6 is 11.8 Å². The van der Waals surface area contributed by atoms with Crippen molar-refractivity contribution < 1.29 is 14.3 Å². The summed E-state index contributed by atoms with van der Waals surface area (Å²) in [5.41, 5.74) is 4.03. The standard InChI is InChI=1S/C19H19N3O3S/c1-2-25-15-9-5-3-7-13(15)12-20-22-18(23)11-17-19(24)21-14-8-4-6-10-16(14)26-17/h3-10,12,17H,2,11H2,1H3,(H,21,24)(H,22,23)/b20-12-/t17-/m0/s1. The number of hydrogen-bond donors (Lipinski definition) is 2. The number of amides is 2. The number of thioether (sulfide) groups is 1. The number of rotatable bonds is 6. The number of nitrogens with zero attached hydrogens (tertiary/aromatic N) is 1. The molecular formula is C19H19N3O3S. The Balaban J connectivity index is 1.57. The van der Waals surface area contributed by atoms with Crippen molar-refractivity contribution in [2.45, 2.75) is 23.5 Å². The maximum absolute atomic E-state index is 12.1. The molecule has 0 saturated carbocycles. The third-order valence-corrected chi connectivity index (χ3v) is 4.96. The molecule has 134 valence electrons. The number of fused-ring (bicyclic) bond motifs is 1. The lowest BCUT2D eigenvalue weighted by Crippen LogP contribution is -2.33. The van der Waals surface area contributed by atoms with E-state index in [1.165, 1.54) is 18.0 Å². The zero-order valence-corrected chi connectivity index (χ0v) is 15.1. The van der Waals surface area contributed by atoms with Crippen LogP contribution < -0.4 is 15.5 Å². The second-order valence-electron chi connectivity index (χ2n) is 5.56. The quantitative estimate of drug-likeness (QED) is 0.606. The van der Waals surface area contributed by atoms with Crippen molar-refractivity contribution in [1.82, 2.24) is 5.43 Å². The van der Waals surface area contributed by atoms with Gasteiger partial charge in [0.05, 0.1) is 23.8 Å². The van der Waals surface area contributed by atoms with Gasteiger partial charge in [0, 0.05) is 16.9 Å². The van der Waals surface area contributed by atoms with Crippen LogP contribution in [-0.4, -0.2) is 29.9 Å². The van der Waals surface area contributed by atoms with Crippen molar-refractivity contribution in [3.05, 3.63) is 54.1 Å². The third-order valence-electron chi connectivity index (χ3n) is 3.69. The lowest BCUT2D eigenvalue weighted by atomic mass is 10.2. The maximum Gasteiger partial charge on any atom is 0.241 e. The number of carbonyl (C=O) groups is 2. The van der Waals surface area contributed by atoms with Crippen LogP contribution in [0.4, 0.5) is 5.69 Å². The van der Waals surface area contributed by atoms with Crippen LogP contribution in [0.5, 0.6) is 5.75 Å². The predicted molar refractivity (Wildman–Crippen MR) is 103 cm³/mol. The van der Waals surface area contributed by atoms with E-state index < -0.39 is 5.25 Å². The molecular weight excluding hydrogens is 350 g/mol. The van der Waals surface area contributed by atoms with Crippen molar-refractivity contribution in [2.24, 2.45) is 5.10 Å². The fraction of sp³-hybridized carbons (Fsp3) is 0.211. The van der Waals surface area contributed by atoms with Crippen LogP contribution in [0, 0.1) is 0 Å². The van der Waals surface area contributed by atoms with Gasteiger partial charge in [0.25, 0.3) is 0 Å². The van der Waals surface area contributed by atoms with E-state index in [9.17, 15) is 9.59 Å². The smallest absolute Gasteiger partial charge is 0.241 e. The van der Waals surface area contributed by atoms with Gasteiger partial charge in [-0.2, -0.15) is 5.10 Å². The van der Waals surface area contributed by atoms with Crippen molar-refractivity contribution >= 4 is 35.5 Å². The fourth-order valence-electron chi connectivity index (χ4n) is 2.49. The van der Waals surface area contributed by atoms with E-state index in [0.29, 0.717) is 12.4 Å². The van der Waals surface area contributed by atoms with Gasteiger partial charge >= 0.3 is 0 Å². The molecule has 2 amide bonds. The molecule has 2 aromatic carbocycles. The minimum absolute atomic E-state index is 0.0509. The first-order valence-corrected chi connectivity index (χ1v) is 9.15. The van der Waals surface area contributed by atoms with Crippen LogP contribution in [0.1, 0.15) is 18.9 Å². The Kier molecular flexibility index (Phi) is 5.91. The van der Waals surface area contributed by atoms with Crippen molar-refractivity contribution in [3.8, 4) is 5.75 Å². The summed E-state index contributed by atoms with van der Waals surface area (Å²) < 4.78 is 5.50. The van der Waals surface area contributed by atoms with Gasteiger partial charge in [-0.1, -0.05) is 24.3 Å². The monoisotopic (exact) mass is 369 g/mol. The fourth-order valence-corrected chi connectivity index (χ4v) is 3.60. The lowest BCUT2D eigenvalue weighted by Gasteiger charge is -2.23. The molecule has 0 fully saturated rings. The second kappa shape index (κ2) is 8.53. The molecule has 0 aromatic heterocycles. The second-order valence-corrected chi connectivity index (χ2v) is 6.80. The van der Waals surface area contributed by atoms with Crippen LogP contribution in [0.2, 0.25) is 0 Å². The van der Waals surface area contributed by atoms with Gasteiger partial charge in [0.2, 0.25) is 11.8 Å². The van der Waals surface area contributed by atoms with Crippen LogP contribution in [-0.2, 0) is 9.59 Å². The molecule has 1 atom stereocenters. The molecule has 7 heteroatoms. The summed E-state index contributed by atoms with van der Waals surface area (Å²) in [6.07, 6.45) is 1.58. The molecule has 26 heavy (non-hydrogen) atoms. The summed E-state index contributed by atoms with van der Waals surface area (Å²) >= 11 is 1.39. The number of nitrogens with one attached hydrogen (secondary N) is 2. The first kappa shape index (κ1) is 18.0. The van der Waals surface area contributed by atoms with Gasteiger partial charge in [-0.15, -0.1) is 11.8 Å². The highest BCUT2D eigenvalue weighted by Gasteiger charge is 2.28. The maximum atomic E-state index is 12.1. The Morgan fingerprint density at radius 1 is 1.27 bits per heavy atom. The first-order valence-electron chi connectivity index (χ1n) is 8.27. The molecule has 0 aliphatic carbocycles. The number of para-hydroxylation sites is 2. The van der Waals surface area contributed by atoms with Gasteiger partial charge in [0.1, 0.15) is 5.75 Å². The highest BCUT2D eigenvalue weighted by molar-refractivity contribution is 8.01. The highest BCUT2D eigenvalue weighted by atomic mass is 32.2. The molecule has 0 saturated heterocycles. The third kappa shape index (κ3) is 4.43. The van der Waals surface area contributed by atoms with Crippen LogP contribution in [0.15, 0.2) is 58.5 Å². The van der Waals surface area contributed by atoms with E-state index in [0.717, 1.165) is 16.1 Å². The Labute approximate surface area is 156 Å². The summed E-state index contributed by atoms with van der Waals surface area (Å²) in [7, 11) is 0. The Hall–Kier alpha value is -2.80. The molecule has 1 aliphatic heterocycles. The lowest BCUT2D eigenvalue weighted by molar-refractivity contribution is -0.124. The number of carbonyl (C=O) groups excluding carboxylic acids is 2. The predicted octanol–water partition coefficient (Wildman–Crippen LogP) is 3.04. The largest absolute Gasteiger partial charge is 0.493 e. The van der Waals surface area contributed by atoms with Gasteiger partial charge in [0.15, 0.2) is 0 Å². The average molecular weight is 369 g/mol. The summed E-state index contributed by atoms with van der Waals surface area (Å²) in [4.78, 5) is 25.2. The average Bonchev–Trinajstić information content (AvgIpc) is 2.64. The number of ether oxygens (including phenoxy) is 1. The highest BCUT2D eigenvalue weighted by Crippen LogP contribution is 2.36. The van der Waals surface area contributed by atoms with Gasteiger partial charge in [-0.05, 0) is 31.2 Å². The molecule has 1 heterocycles. The van der Waals surface area contributed by atoms with E-state index in [1.807, 2.05) is 55.5 Å². The number of hydrazone groups is 1. The van der Waals surface area contributed by atoms with Crippen molar-refractivity contribution in [2.75, 3.05) is 11.9 Å². The van der Waals surface area contributed by atoms with Gasteiger partial charge in [-0.3, -0.25) is 9.59 Å². The van der Waals surface area contributed by atoms with E-state index >= 15 is 0 Å². The van der Waals surface area contributed by atoms with E-state index in [-0.39, 0.29) is 18.2 Å². The molecule has 0 unspecified atom stereocenters. The van der Waals surface area contributed by atoms with Crippen LogP contribution in [0.3, 0.4) is 0 Å². The Bertz CT molecular complexity index is 838. The van der Waals surface area contributed by atoms with E-state index in [4.69, 9.17) is 4.74 Å².